The Hall–Kier alpha value is -0.730. The maximum atomic E-state index is 11.2. The Balaban J connectivity index is 2.63. The molecule has 1 heterocycles. The highest BCUT2D eigenvalue weighted by Gasteiger charge is 2.44. The number of carbonyl (C=O) groups excluding carboxylic acids is 1. The monoisotopic (exact) mass is 236 g/mol. The van der Waals surface area contributed by atoms with E-state index in [-0.39, 0.29) is 13.3 Å². The third kappa shape index (κ3) is 2.69. The molecular weight excluding hydrogens is 218 g/mol. The van der Waals surface area contributed by atoms with Crippen LogP contribution in [0.2, 0.25) is 0 Å². The summed E-state index contributed by atoms with van der Waals surface area (Å²) < 4.78 is 11.7. The molecule has 0 saturated carbocycles. The molecule has 1 amide bonds. The standard InChI is InChI=1S/C9H17NO6/c1-2-5(12)10-6-8(14)7(13)4(3-11)16-9(6)15/h4,6-9,11,13-15H,2-3H2,1H3,(H,10,12)/t4-,6+,7-,8-,9?/m1/s1/i1D. The van der Waals surface area contributed by atoms with E-state index in [9.17, 15) is 20.1 Å². The Bertz CT molecular complexity index is 266. The van der Waals surface area contributed by atoms with Gasteiger partial charge in [-0.25, -0.2) is 0 Å². The van der Waals surface area contributed by atoms with E-state index in [0.29, 0.717) is 0 Å². The van der Waals surface area contributed by atoms with Crippen molar-refractivity contribution in [3.63, 3.8) is 0 Å². The van der Waals surface area contributed by atoms with Crippen LogP contribution in [0.25, 0.3) is 0 Å². The number of carbonyl (C=O) groups is 1. The smallest absolute Gasteiger partial charge is 0.220 e. The van der Waals surface area contributed by atoms with E-state index in [1.807, 2.05) is 0 Å². The van der Waals surface area contributed by atoms with Crippen LogP contribution in [-0.4, -0.2) is 63.6 Å². The predicted molar refractivity (Wildman–Crippen MR) is 52.2 cm³/mol. The molecule has 94 valence electrons. The van der Waals surface area contributed by atoms with Crippen LogP contribution in [0.4, 0.5) is 0 Å². The molecule has 1 unspecified atom stereocenters. The summed E-state index contributed by atoms with van der Waals surface area (Å²) in [5.41, 5.74) is 0. The Labute approximate surface area is 94.1 Å². The van der Waals surface area contributed by atoms with Gasteiger partial charge in [-0.1, -0.05) is 6.90 Å². The van der Waals surface area contributed by atoms with Crippen LogP contribution in [0, 0.1) is 0 Å². The molecule has 5 N–H and O–H groups in total. The van der Waals surface area contributed by atoms with Crippen molar-refractivity contribution >= 4 is 5.91 Å². The second-order valence-electron chi connectivity index (χ2n) is 3.57. The van der Waals surface area contributed by atoms with E-state index in [4.69, 9.17) is 11.2 Å². The minimum atomic E-state index is -1.51. The summed E-state index contributed by atoms with van der Waals surface area (Å²) in [5.74, 6) is -0.527. The fourth-order valence-corrected chi connectivity index (χ4v) is 1.51. The largest absolute Gasteiger partial charge is 0.394 e. The molecule has 1 aliphatic heterocycles. The number of hydrogen-bond donors (Lipinski definition) is 5. The van der Waals surface area contributed by atoms with Gasteiger partial charge in [0.1, 0.15) is 24.4 Å². The highest BCUT2D eigenvalue weighted by Crippen LogP contribution is 2.19. The minimum Gasteiger partial charge on any atom is -0.394 e. The van der Waals surface area contributed by atoms with E-state index in [0.717, 1.165) is 0 Å². The van der Waals surface area contributed by atoms with Gasteiger partial charge in [0, 0.05) is 7.79 Å². The maximum Gasteiger partial charge on any atom is 0.220 e. The molecule has 0 bridgehead atoms. The van der Waals surface area contributed by atoms with Crippen molar-refractivity contribution in [3.05, 3.63) is 0 Å². The molecular formula is C9H17NO6. The summed E-state index contributed by atoms with van der Waals surface area (Å²) in [4.78, 5) is 11.2. The number of ether oxygens (including phenoxy) is 1. The number of hydrogen-bond acceptors (Lipinski definition) is 6. The third-order valence-electron chi connectivity index (χ3n) is 2.45. The molecule has 0 aromatic carbocycles. The predicted octanol–water partition coefficient (Wildman–Crippen LogP) is -2.69. The van der Waals surface area contributed by atoms with Gasteiger partial charge in [0.15, 0.2) is 6.29 Å². The highest BCUT2D eigenvalue weighted by atomic mass is 16.6. The van der Waals surface area contributed by atoms with Gasteiger partial charge in [-0.2, -0.15) is 0 Å². The number of aliphatic hydroxyl groups excluding tert-OH is 4. The molecule has 0 aromatic rings. The van der Waals surface area contributed by atoms with Crippen LogP contribution >= 0.6 is 0 Å². The fraction of sp³-hybridized carbons (Fsp3) is 0.889. The first-order valence-corrected chi connectivity index (χ1v) is 4.90. The molecule has 5 atom stereocenters. The Morgan fingerprint density at radius 2 is 2.12 bits per heavy atom. The summed E-state index contributed by atoms with van der Waals surface area (Å²) >= 11 is 0. The topological polar surface area (TPSA) is 119 Å². The first-order chi connectivity index (χ1) is 8.01. The van der Waals surface area contributed by atoms with Crippen LogP contribution in [0.15, 0.2) is 0 Å². The third-order valence-corrected chi connectivity index (χ3v) is 2.45. The molecule has 1 fully saturated rings. The SMILES string of the molecule is [2H]CCC(=O)N[C@@H]1C(O)O[C@H](CO)[C@@H](O)[C@@H]1O. The molecule has 0 aromatic heterocycles. The van der Waals surface area contributed by atoms with Crippen LogP contribution in [0.3, 0.4) is 0 Å². The number of rotatable bonds is 3. The lowest BCUT2D eigenvalue weighted by Crippen LogP contribution is -2.64. The van der Waals surface area contributed by atoms with Crippen molar-refractivity contribution < 1.29 is 31.3 Å². The van der Waals surface area contributed by atoms with Crippen molar-refractivity contribution in [1.82, 2.24) is 5.32 Å². The summed E-state index contributed by atoms with van der Waals surface area (Å²) in [6.07, 6.45) is -5.52. The minimum absolute atomic E-state index is 0.0739. The summed E-state index contributed by atoms with van der Waals surface area (Å²) in [6, 6.07) is -1.17. The zero-order valence-corrected chi connectivity index (χ0v) is 8.61. The van der Waals surface area contributed by atoms with Crippen LogP contribution in [0.1, 0.15) is 14.7 Å². The second kappa shape index (κ2) is 5.55. The molecule has 7 heteroatoms. The van der Waals surface area contributed by atoms with E-state index in [2.05, 4.69) is 5.32 Å². The number of amides is 1. The summed E-state index contributed by atoms with van der Waals surface area (Å²) in [7, 11) is 0. The molecule has 0 aliphatic carbocycles. The lowest BCUT2D eigenvalue weighted by molar-refractivity contribution is -0.253. The molecule has 7 nitrogen and oxygen atoms in total. The van der Waals surface area contributed by atoms with Gasteiger partial charge in [-0.15, -0.1) is 0 Å². The van der Waals surface area contributed by atoms with Gasteiger partial charge in [0.05, 0.1) is 6.61 Å². The highest BCUT2D eigenvalue weighted by molar-refractivity contribution is 5.76. The van der Waals surface area contributed by atoms with Gasteiger partial charge in [-0.3, -0.25) is 4.79 Å². The van der Waals surface area contributed by atoms with E-state index in [1.165, 1.54) is 0 Å². The maximum absolute atomic E-state index is 11.2. The molecule has 1 aliphatic rings. The van der Waals surface area contributed by atoms with Crippen molar-refractivity contribution in [2.24, 2.45) is 0 Å². The average Bonchev–Trinajstić information content (AvgIpc) is 2.29. The Morgan fingerprint density at radius 1 is 1.44 bits per heavy atom. The van der Waals surface area contributed by atoms with Gasteiger partial charge >= 0.3 is 0 Å². The van der Waals surface area contributed by atoms with E-state index in [1.54, 1.807) is 0 Å². The van der Waals surface area contributed by atoms with Crippen LogP contribution < -0.4 is 5.32 Å². The lowest BCUT2D eigenvalue weighted by Gasteiger charge is -2.40. The van der Waals surface area contributed by atoms with Crippen molar-refractivity contribution in [2.45, 2.75) is 44.0 Å². The Morgan fingerprint density at radius 3 is 2.69 bits per heavy atom. The summed E-state index contributed by atoms with van der Waals surface area (Å²) in [6.45, 7) is -0.671. The Kier molecular flexibility index (Phi) is 4.08. The van der Waals surface area contributed by atoms with Crippen molar-refractivity contribution in [2.75, 3.05) is 6.61 Å². The zero-order chi connectivity index (χ0) is 13.0. The van der Waals surface area contributed by atoms with Gasteiger partial charge in [-0.05, 0) is 0 Å². The molecule has 16 heavy (non-hydrogen) atoms. The molecule has 0 spiro atoms. The molecule has 1 saturated heterocycles. The lowest BCUT2D eigenvalue weighted by atomic mass is 9.97. The van der Waals surface area contributed by atoms with Crippen molar-refractivity contribution in [1.29, 1.82) is 0 Å². The van der Waals surface area contributed by atoms with Gasteiger partial charge < -0.3 is 30.5 Å². The second-order valence-corrected chi connectivity index (χ2v) is 3.57. The summed E-state index contributed by atoms with van der Waals surface area (Å²) in [5, 5.41) is 39.8. The molecule has 0 radical (unpaired) electrons. The average molecular weight is 236 g/mol. The number of aliphatic hydroxyl groups is 4. The number of nitrogens with one attached hydrogen (secondary N) is 1. The van der Waals surface area contributed by atoms with Crippen LogP contribution in [0.5, 0.6) is 0 Å². The van der Waals surface area contributed by atoms with Crippen LogP contribution in [-0.2, 0) is 9.53 Å². The van der Waals surface area contributed by atoms with E-state index < -0.39 is 43.2 Å². The van der Waals surface area contributed by atoms with Gasteiger partial charge in [0.25, 0.3) is 0 Å². The quantitative estimate of drug-likeness (QED) is 0.364. The molecule has 1 rings (SSSR count). The van der Waals surface area contributed by atoms with Gasteiger partial charge in [0.2, 0.25) is 5.91 Å². The zero-order valence-electron chi connectivity index (χ0n) is 9.61. The normalized spacial score (nSPS) is 40.2. The first-order valence-electron chi connectivity index (χ1n) is 5.61. The van der Waals surface area contributed by atoms with E-state index >= 15 is 0 Å². The van der Waals surface area contributed by atoms with Crippen molar-refractivity contribution in [3.8, 4) is 0 Å². The fourth-order valence-electron chi connectivity index (χ4n) is 1.51. The first kappa shape index (κ1) is 11.7.